The molecule has 1 fully saturated rings. The lowest BCUT2D eigenvalue weighted by Crippen LogP contribution is -2.58. The van der Waals surface area contributed by atoms with E-state index in [1.165, 1.54) is 10.6 Å². The number of hydrogen-bond acceptors (Lipinski definition) is 7. The summed E-state index contributed by atoms with van der Waals surface area (Å²) in [4.78, 5) is 45.7. The van der Waals surface area contributed by atoms with Gasteiger partial charge in [-0.25, -0.2) is 14.3 Å². The molecule has 4 rings (SSSR count). The molecule has 1 aliphatic rings. The van der Waals surface area contributed by atoms with Crippen molar-refractivity contribution in [2.45, 2.75) is 45.7 Å². The molecule has 9 nitrogen and oxygen atoms in total. The fourth-order valence-corrected chi connectivity index (χ4v) is 5.11. The number of pyridine rings is 2. The highest BCUT2D eigenvalue weighted by Gasteiger charge is 2.34. The number of piperazine rings is 1. The molecule has 0 bridgehead atoms. The van der Waals surface area contributed by atoms with Gasteiger partial charge < -0.3 is 14.7 Å². The normalized spacial score (nSPS) is 18.0. The first-order chi connectivity index (χ1) is 17.5. The van der Waals surface area contributed by atoms with Crippen LogP contribution in [0, 0.1) is 0 Å². The van der Waals surface area contributed by atoms with Crippen LogP contribution in [0.3, 0.4) is 0 Å². The third-order valence-electron chi connectivity index (χ3n) is 6.66. The highest BCUT2D eigenvalue weighted by Crippen LogP contribution is 2.35. The number of amides is 1. The van der Waals surface area contributed by atoms with E-state index in [0.717, 1.165) is 11.4 Å². The smallest absolute Gasteiger partial charge is 0.355 e. The second-order valence-corrected chi connectivity index (χ2v) is 10.6. The minimum atomic E-state index is -0.504. The Hall–Kier alpha value is -3.17. The van der Waals surface area contributed by atoms with E-state index in [1.54, 1.807) is 17.2 Å². The third-order valence-corrected chi connectivity index (χ3v) is 7.33. The summed E-state index contributed by atoms with van der Waals surface area (Å²) in [6, 6.07) is 3.30. The van der Waals surface area contributed by atoms with Crippen LogP contribution >= 0.6 is 23.2 Å². The number of carbonyl (C=O) groups excluding carboxylic acids is 1. The Balaban J connectivity index is 2.01. The SMILES string of the molecule is C=CC(=O)N1C[C@H](C)N(c2nc(=O)n(-c3c(N(C)C)ccnc3C(C)C)c3nc(Cl)c(Cl)cc23)C[C@H]1C. The van der Waals surface area contributed by atoms with Gasteiger partial charge in [-0.05, 0) is 38.0 Å². The van der Waals surface area contributed by atoms with Gasteiger partial charge >= 0.3 is 5.69 Å². The summed E-state index contributed by atoms with van der Waals surface area (Å²) in [7, 11) is 3.81. The van der Waals surface area contributed by atoms with Crippen molar-refractivity contribution in [1.82, 2.24) is 24.4 Å². The third kappa shape index (κ3) is 4.78. The molecule has 0 unspecified atom stereocenters. The number of halogens is 2. The minimum Gasteiger partial charge on any atom is -0.376 e. The Morgan fingerprint density at radius 2 is 1.89 bits per heavy atom. The number of carbonyl (C=O) groups is 1. The molecule has 4 heterocycles. The van der Waals surface area contributed by atoms with Crippen molar-refractivity contribution >= 4 is 51.6 Å². The summed E-state index contributed by atoms with van der Waals surface area (Å²) < 4.78 is 1.48. The Kier molecular flexibility index (Phi) is 7.48. The van der Waals surface area contributed by atoms with E-state index in [9.17, 15) is 9.59 Å². The highest BCUT2D eigenvalue weighted by atomic mass is 35.5. The fraction of sp³-hybridized carbons (Fsp3) is 0.423. The molecule has 0 saturated carbocycles. The van der Waals surface area contributed by atoms with Crippen molar-refractivity contribution in [2.24, 2.45) is 0 Å². The van der Waals surface area contributed by atoms with Crippen LogP contribution in [0.25, 0.3) is 16.7 Å². The molecule has 3 aromatic heterocycles. The highest BCUT2D eigenvalue weighted by molar-refractivity contribution is 6.41. The molecule has 0 spiro atoms. The van der Waals surface area contributed by atoms with E-state index >= 15 is 0 Å². The standard InChI is InChI=1S/C26H31Cl2N7O2/c1-8-20(36)33-12-16(5)34(13-15(33)4)24-17-11-18(27)23(28)30-25(17)35(26(37)31-24)22-19(32(6)7)9-10-29-21(22)14(2)3/h8-11,14-16H,1,12-13H2,2-7H3/t15-,16+/m1/s1. The molecule has 2 atom stereocenters. The number of nitrogens with zero attached hydrogens (tertiary/aromatic N) is 7. The van der Waals surface area contributed by atoms with Gasteiger partial charge in [0, 0.05) is 45.5 Å². The first-order valence-corrected chi connectivity index (χ1v) is 12.9. The monoisotopic (exact) mass is 543 g/mol. The van der Waals surface area contributed by atoms with Gasteiger partial charge in [0.15, 0.2) is 5.65 Å². The van der Waals surface area contributed by atoms with Crippen LogP contribution in [-0.2, 0) is 4.79 Å². The molecule has 196 valence electrons. The second kappa shape index (κ2) is 10.3. The van der Waals surface area contributed by atoms with Crippen LogP contribution in [-0.4, -0.2) is 69.6 Å². The quantitative estimate of drug-likeness (QED) is 0.350. The Morgan fingerprint density at radius 3 is 2.51 bits per heavy atom. The van der Waals surface area contributed by atoms with Crippen LogP contribution in [0.1, 0.15) is 39.3 Å². The van der Waals surface area contributed by atoms with Gasteiger partial charge in [0.1, 0.15) is 11.0 Å². The van der Waals surface area contributed by atoms with Crippen LogP contribution in [0.2, 0.25) is 10.2 Å². The Labute approximate surface area is 226 Å². The van der Waals surface area contributed by atoms with Crippen molar-refractivity contribution in [2.75, 3.05) is 37.0 Å². The van der Waals surface area contributed by atoms with Crippen molar-refractivity contribution < 1.29 is 4.79 Å². The molecule has 1 aliphatic heterocycles. The minimum absolute atomic E-state index is 0.0237. The molecule has 1 amide bonds. The van der Waals surface area contributed by atoms with Crippen molar-refractivity contribution in [3.63, 3.8) is 0 Å². The van der Waals surface area contributed by atoms with Gasteiger partial charge in [-0.2, -0.15) is 4.98 Å². The lowest BCUT2D eigenvalue weighted by atomic mass is 10.1. The second-order valence-electron chi connectivity index (χ2n) is 9.84. The Morgan fingerprint density at radius 1 is 1.19 bits per heavy atom. The first-order valence-electron chi connectivity index (χ1n) is 12.1. The summed E-state index contributed by atoms with van der Waals surface area (Å²) in [6.45, 7) is 12.5. The van der Waals surface area contributed by atoms with E-state index < -0.39 is 5.69 Å². The zero-order valence-electron chi connectivity index (χ0n) is 21.9. The topological polar surface area (TPSA) is 87.5 Å². The van der Waals surface area contributed by atoms with E-state index in [1.807, 2.05) is 57.7 Å². The van der Waals surface area contributed by atoms with Crippen LogP contribution in [0.4, 0.5) is 11.5 Å². The molecular formula is C26H31Cl2N7O2. The average Bonchev–Trinajstić information content (AvgIpc) is 2.85. The molecular weight excluding hydrogens is 513 g/mol. The molecule has 11 heteroatoms. The molecule has 0 aromatic carbocycles. The van der Waals surface area contributed by atoms with E-state index in [-0.39, 0.29) is 34.1 Å². The van der Waals surface area contributed by atoms with Crippen LogP contribution in [0.15, 0.2) is 35.8 Å². The van der Waals surface area contributed by atoms with Gasteiger partial charge in [-0.1, -0.05) is 43.6 Å². The zero-order valence-corrected chi connectivity index (χ0v) is 23.4. The maximum Gasteiger partial charge on any atom is 0.355 e. The zero-order chi connectivity index (χ0) is 27.2. The number of anilines is 2. The summed E-state index contributed by atoms with van der Waals surface area (Å²) in [5, 5.41) is 0.926. The Bertz CT molecular complexity index is 1410. The van der Waals surface area contributed by atoms with Crippen molar-refractivity contribution in [3.8, 4) is 5.69 Å². The predicted octanol–water partition coefficient (Wildman–Crippen LogP) is 4.28. The van der Waals surface area contributed by atoms with Crippen LogP contribution < -0.4 is 15.5 Å². The van der Waals surface area contributed by atoms with Gasteiger partial charge in [0.05, 0.1) is 27.5 Å². The van der Waals surface area contributed by atoms with Crippen molar-refractivity contribution in [1.29, 1.82) is 0 Å². The molecule has 1 saturated heterocycles. The van der Waals surface area contributed by atoms with E-state index in [0.29, 0.717) is 35.6 Å². The number of aromatic nitrogens is 4. The van der Waals surface area contributed by atoms with Crippen LogP contribution in [0.5, 0.6) is 0 Å². The number of hydrogen-bond donors (Lipinski definition) is 0. The maximum atomic E-state index is 13.8. The molecule has 0 aliphatic carbocycles. The summed E-state index contributed by atoms with van der Waals surface area (Å²) in [5.74, 6) is 0.349. The number of fused-ring (bicyclic) bond motifs is 1. The lowest BCUT2D eigenvalue weighted by Gasteiger charge is -2.44. The van der Waals surface area contributed by atoms with Gasteiger partial charge in [-0.3, -0.25) is 9.78 Å². The van der Waals surface area contributed by atoms with E-state index in [2.05, 4.69) is 21.5 Å². The molecule has 0 radical (unpaired) electrons. The summed E-state index contributed by atoms with van der Waals surface area (Å²) in [6.07, 6.45) is 3.05. The first kappa shape index (κ1) is 26.9. The molecule has 3 aromatic rings. The lowest BCUT2D eigenvalue weighted by molar-refractivity contribution is -0.128. The number of rotatable bonds is 5. The average molecular weight is 544 g/mol. The van der Waals surface area contributed by atoms with Gasteiger partial charge in [0.2, 0.25) is 5.91 Å². The van der Waals surface area contributed by atoms with Gasteiger partial charge in [0.25, 0.3) is 0 Å². The summed E-state index contributed by atoms with van der Waals surface area (Å²) in [5.41, 5.74) is 1.96. The van der Waals surface area contributed by atoms with Gasteiger partial charge in [-0.15, -0.1) is 0 Å². The van der Waals surface area contributed by atoms with Crippen molar-refractivity contribution in [3.05, 3.63) is 57.3 Å². The maximum absolute atomic E-state index is 13.8. The molecule has 0 N–H and O–H groups in total. The van der Waals surface area contributed by atoms with E-state index in [4.69, 9.17) is 23.2 Å². The predicted molar refractivity (Wildman–Crippen MR) is 150 cm³/mol. The largest absolute Gasteiger partial charge is 0.376 e. The summed E-state index contributed by atoms with van der Waals surface area (Å²) >= 11 is 12.8. The fourth-order valence-electron chi connectivity index (χ4n) is 4.82. The molecule has 37 heavy (non-hydrogen) atoms.